The topological polar surface area (TPSA) is 61.4 Å². The first-order valence-electron chi connectivity index (χ1n) is 5.88. The van der Waals surface area contributed by atoms with Crippen LogP contribution in [-0.4, -0.2) is 30.0 Å². The molecule has 1 aromatic carbocycles. The Morgan fingerprint density at radius 2 is 2.00 bits per heavy atom. The molecular weight excluding hydrogens is 296 g/mol. The summed E-state index contributed by atoms with van der Waals surface area (Å²) in [6, 6.07) is 9.53. The largest absolute Gasteiger partial charge is 0.241 e. The van der Waals surface area contributed by atoms with Crippen LogP contribution >= 0.6 is 23.4 Å². The Morgan fingerprint density at radius 1 is 1.20 bits per heavy atom. The predicted octanol–water partition coefficient (Wildman–Crippen LogP) is 2.34. The van der Waals surface area contributed by atoms with E-state index < -0.39 is 0 Å². The van der Waals surface area contributed by atoms with Crippen LogP contribution in [0.1, 0.15) is 5.69 Å². The molecule has 3 rings (SSSR count). The number of aromatic nitrogens is 6. The van der Waals surface area contributed by atoms with Crippen molar-refractivity contribution in [3.63, 3.8) is 0 Å². The Kier molecular flexibility index (Phi) is 3.70. The molecular formula is C12H11ClN6S. The summed E-state index contributed by atoms with van der Waals surface area (Å²) in [7, 11) is 1.81. The maximum atomic E-state index is 5.87. The molecule has 0 unspecified atom stereocenters. The second-order valence-electron chi connectivity index (χ2n) is 4.10. The van der Waals surface area contributed by atoms with Crippen LogP contribution in [0, 0.1) is 0 Å². The van der Waals surface area contributed by atoms with Gasteiger partial charge in [-0.3, -0.25) is 0 Å². The summed E-state index contributed by atoms with van der Waals surface area (Å²) < 4.78 is 3.46. The molecule has 2 aromatic heterocycles. The molecule has 0 atom stereocenters. The number of thioether (sulfide) groups is 1. The summed E-state index contributed by atoms with van der Waals surface area (Å²) in [5.74, 6) is 0.717. The average molecular weight is 307 g/mol. The smallest absolute Gasteiger partial charge is 0.209 e. The number of hydrogen-bond acceptors (Lipinski definition) is 5. The van der Waals surface area contributed by atoms with Gasteiger partial charge in [0.2, 0.25) is 5.16 Å². The standard InChI is InChI=1S/C12H11ClN6S/c1-18-12(14-16-17-18)20-8-10-6-7-19(15-10)11-4-2-9(13)3-5-11/h2-7H,8H2,1H3. The zero-order chi connectivity index (χ0) is 13.9. The molecule has 0 aliphatic carbocycles. The molecule has 0 N–H and O–H groups in total. The summed E-state index contributed by atoms with van der Waals surface area (Å²) in [6.45, 7) is 0. The number of nitrogens with zero attached hydrogens (tertiary/aromatic N) is 6. The third-order valence-corrected chi connectivity index (χ3v) is 3.96. The van der Waals surface area contributed by atoms with Gasteiger partial charge in [-0.05, 0) is 40.8 Å². The van der Waals surface area contributed by atoms with Crippen molar-refractivity contribution in [1.29, 1.82) is 0 Å². The Bertz CT molecular complexity index is 705. The van der Waals surface area contributed by atoms with Gasteiger partial charge in [0.05, 0.1) is 11.4 Å². The number of rotatable bonds is 4. The van der Waals surface area contributed by atoms with Gasteiger partial charge in [0.25, 0.3) is 0 Å². The van der Waals surface area contributed by atoms with E-state index in [1.54, 1.807) is 16.4 Å². The van der Waals surface area contributed by atoms with Crippen molar-refractivity contribution in [2.75, 3.05) is 0 Å². The second-order valence-corrected chi connectivity index (χ2v) is 5.48. The third kappa shape index (κ3) is 2.83. The number of benzene rings is 1. The molecule has 102 valence electrons. The van der Waals surface area contributed by atoms with Crippen LogP contribution < -0.4 is 0 Å². The van der Waals surface area contributed by atoms with Crippen molar-refractivity contribution >= 4 is 23.4 Å². The van der Waals surface area contributed by atoms with Crippen molar-refractivity contribution in [1.82, 2.24) is 30.0 Å². The lowest BCUT2D eigenvalue weighted by Crippen LogP contribution is -1.96. The van der Waals surface area contributed by atoms with Crippen molar-refractivity contribution in [3.05, 3.63) is 47.2 Å². The van der Waals surface area contributed by atoms with E-state index in [0.29, 0.717) is 5.02 Å². The van der Waals surface area contributed by atoms with Crippen molar-refractivity contribution in [2.45, 2.75) is 10.9 Å². The lowest BCUT2D eigenvalue weighted by atomic mass is 10.3. The molecule has 0 bridgehead atoms. The second kappa shape index (κ2) is 5.64. The zero-order valence-corrected chi connectivity index (χ0v) is 12.2. The van der Waals surface area contributed by atoms with E-state index in [1.807, 2.05) is 48.3 Å². The molecule has 6 nitrogen and oxygen atoms in total. The fourth-order valence-electron chi connectivity index (χ4n) is 1.66. The normalized spacial score (nSPS) is 10.9. The van der Waals surface area contributed by atoms with E-state index in [1.165, 1.54) is 0 Å². The van der Waals surface area contributed by atoms with Gasteiger partial charge < -0.3 is 0 Å². The highest BCUT2D eigenvalue weighted by Gasteiger charge is 2.06. The minimum Gasteiger partial charge on any atom is -0.241 e. The van der Waals surface area contributed by atoms with Gasteiger partial charge in [-0.2, -0.15) is 5.10 Å². The minimum absolute atomic E-state index is 0.714. The number of hydrogen-bond donors (Lipinski definition) is 0. The van der Waals surface area contributed by atoms with E-state index >= 15 is 0 Å². The van der Waals surface area contributed by atoms with E-state index in [4.69, 9.17) is 11.6 Å². The van der Waals surface area contributed by atoms with E-state index in [0.717, 1.165) is 22.3 Å². The van der Waals surface area contributed by atoms with Crippen molar-refractivity contribution in [2.24, 2.45) is 7.05 Å². The number of tetrazole rings is 1. The predicted molar refractivity (Wildman–Crippen MR) is 76.9 cm³/mol. The molecule has 0 fully saturated rings. The van der Waals surface area contributed by atoms with Gasteiger partial charge in [-0.25, -0.2) is 9.36 Å². The minimum atomic E-state index is 0.714. The zero-order valence-electron chi connectivity index (χ0n) is 10.6. The van der Waals surface area contributed by atoms with Crippen molar-refractivity contribution < 1.29 is 0 Å². The summed E-state index contributed by atoms with van der Waals surface area (Å²) in [5.41, 5.74) is 1.94. The highest BCUT2D eigenvalue weighted by atomic mass is 35.5. The van der Waals surface area contributed by atoms with Gasteiger partial charge in [0.1, 0.15) is 0 Å². The summed E-state index contributed by atoms with van der Waals surface area (Å²) in [4.78, 5) is 0. The number of aryl methyl sites for hydroxylation is 1. The van der Waals surface area contributed by atoms with Crippen LogP contribution in [0.5, 0.6) is 0 Å². The van der Waals surface area contributed by atoms with Gasteiger partial charge in [0.15, 0.2) is 0 Å². The average Bonchev–Trinajstić information content (AvgIpc) is 3.06. The molecule has 2 heterocycles. The van der Waals surface area contributed by atoms with Crippen LogP contribution in [0.3, 0.4) is 0 Å². The first-order valence-corrected chi connectivity index (χ1v) is 7.24. The molecule has 0 aliphatic heterocycles. The first kappa shape index (κ1) is 13.1. The monoisotopic (exact) mass is 306 g/mol. The van der Waals surface area contributed by atoms with Crippen LogP contribution in [0.4, 0.5) is 0 Å². The first-order chi connectivity index (χ1) is 9.72. The van der Waals surface area contributed by atoms with Crippen LogP contribution in [0.2, 0.25) is 5.02 Å². The maximum absolute atomic E-state index is 5.87. The molecule has 0 aliphatic rings. The van der Waals surface area contributed by atoms with Crippen LogP contribution in [0.15, 0.2) is 41.7 Å². The lowest BCUT2D eigenvalue weighted by molar-refractivity contribution is 0.664. The van der Waals surface area contributed by atoms with E-state index in [2.05, 4.69) is 20.6 Å². The third-order valence-electron chi connectivity index (χ3n) is 2.67. The van der Waals surface area contributed by atoms with Gasteiger partial charge in [-0.15, -0.1) is 5.10 Å². The Balaban J connectivity index is 1.71. The molecule has 0 radical (unpaired) electrons. The van der Waals surface area contributed by atoms with E-state index in [9.17, 15) is 0 Å². The fraction of sp³-hybridized carbons (Fsp3) is 0.167. The van der Waals surface area contributed by atoms with Gasteiger partial charge >= 0.3 is 0 Å². The fourth-order valence-corrected chi connectivity index (χ4v) is 2.53. The molecule has 0 amide bonds. The maximum Gasteiger partial charge on any atom is 0.209 e. The molecule has 0 saturated carbocycles. The quantitative estimate of drug-likeness (QED) is 0.692. The van der Waals surface area contributed by atoms with Crippen molar-refractivity contribution in [3.8, 4) is 5.69 Å². The SMILES string of the molecule is Cn1nnnc1SCc1ccn(-c2ccc(Cl)cc2)n1. The molecule has 3 aromatic rings. The summed E-state index contributed by atoms with van der Waals surface area (Å²) in [6.07, 6.45) is 1.92. The summed E-state index contributed by atoms with van der Waals surface area (Å²) >= 11 is 7.42. The molecule has 8 heteroatoms. The molecule has 20 heavy (non-hydrogen) atoms. The molecule has 0 spiro atoms. The Labute approximate surface area is 124 Å². The Morgan fingerprint density at radius 3 is 2.70 bits per heavy atom. The highest BCUT2D eigenvalue weighted by molar-refractivity contribution is 7.98. The molecule has 0 saturated heterocycles. The van der Waals surface area contributed by atoms with E-state index in [-0.39, 0.29) is 0 Å². The highest BCUT2D eigenvalue weighted by Crippen LogP contribution is 2.19. The summed E-state index contributed by atoms with van der Waals surface area (Å²) in [5, 5.41) is 17.3. The van der Waals surface area contributed by atoms with Gasteiger partial charge in [0, 0.05) is 24.0 Å². The Hall–Kier alpha value is -1.86. The van der Waals surface area contributed by atoms with Crippen LogP contribution in [0.25, 0.3) is 5.69 Å². The lowest BCUT2D eigenvalue weighted by Gasteiger charge is -2.01. The van der Waals surface area contributed by atoms with Crippen LogP contribution in [-0.2, 0) is 12.8 Å². The number of halogens is 1. The van der Waals surface area contributed by atoms with Gasteiger partial charge in [-0.1, -0.05) is 23.4 Å².